The molecule has 0 aliphatic heterocycles. The van der Waals surface area contributed by atoms with Crippen molar-refractivity contribution in [3.8, 4) is 0 Å². The first-order chi connectivity index (χ1) is 8.49. The van der Waals surface area contributed by atoms with Crippen LogP contribution in [0.25, 0.3) is 0 Å². The maximum Gasteiger partial charge on any atom is 0.188 e. The Hall–Kier alpha value is -0.370. The second kappa shape index (κ2) is 9.52. The van der Waals surface area contributed by atoms with Crippen LogP contribution in [0.3, 0.4) is 0 Å². The summed E-state index contributed by atoms with van der Waals surface area (Å²) in [6.07, 6.45) is 0.890. The van der Waals surface area contributed by atoms with Gasteiger partial charge in [-0.05, 0) is 5.92 Å². The SMILES string of the molecule is CC(C)CN=C(N)NCCc1csc(C(C)C)n1.I. The van der Waals surface area contributed by atoms with Crippen molar-refractivity contribution in [2.24, 2.45) is 16.6 Å². The van der Waals surface area contributed by atoms with E-state index in [1.165, 1.54) is 5.01 Å². The van der Waals surface area contributed by atoms with Gasteiger partial charge in [0, 0.05) is 30.8 Å². The molecule has 0 atom stereocenters. The summed E-state index contributed by atoms with van der Waals surface area (Å²) in [4.78, 5) is 8.83. The zero-order valence-electron chi connectivity index (χ0n) is 12.1. The van der Waals surface area contributed by atoms with E-state index in [1.54, 1.807) is 11.3 Å². The molecule has 110 valence electrons. The molecule has 0 aliphatic rings. The molecule has 0 amide bonds. The van der Waals surface area contributed by atoms with Gasteiger partial charge in [-0.25, -0.2) is 4.98 Å². The number of hydrogen-bond acceptors (Lipinski definition) is 3. The predicted octanol–water partition coefficient (Wildman–Crippen LogP) is 2.99. The molecule has 19 heavy (non-hydrogen) atoms. The molecule has 0 spiro atoms. The fraction of sp³-hybridized carbons (Fsp3) is 0.692. The number of aromatic nitrogens is 1. The van der Waals surface area contributed by atoms with E-state index in [0.717, 1.165) is 25.2 Å². The first-order valence-corrected chi connectivity index (χ1v) is 7.35. The lowest BCUT2D eigenvalue weighted by atomic mass is 10.2. The van der Waals surface area contributed by atoms with Gasteiger partial charge in [0.2, 0.25) is 0 Å². The minimum atomic E-state index is 0. The summed E-state index contributed by atoms with van der Waals surface area (Å²) in [5.41, 5.74) is 6.89. The summed E-state index contributed by atoms with van der Waals surface area (Å²) in [5.74, 6) is 1.58. The fourth-order valence-corrected chi connectivity index (χ4v) is 2.23. The Morgan fingerprint density at radius 3 is 2.63 bits per heavy atom. The van der Waals surface area contributed by atoms with Crippen LogP contribution in [0.4, 0.5) is 0 Å². The Kier molecular flexibility index (Phi) is 9.34. The quantitative estimate of drug-likeness (QED) is 0.442. The molecule has 3 N–H and O–H groups in total. The zero-order valence-corrected chi connectivity index (χ0v) is 15.3. The molecule has 0 aromatic carbocycles. The highest BCUT2D eigenvalue weighted by Crippen LogP contribution is 2.19. The zero-order chi connectivity index (χ0) is 13.5. The highest BCUT2D eigenvalue weighted by molar-refractivity contribution is 14.0. The number of nitrogens with one attached hydrogen (secondary N) is 1. The summed E-state index contributed by atoms with van der Waals surface area (Å²) in [6, 6.07) is 0. The topological polar surface area (TPSA) is 63.3 Å². The van der Waals surface area contributed by atoms with E-state index in [2.05, 4.69) is 48.4 Å². The number of guanidine groups is 1. The number of nitrogens with zero attached hydrogens (tertiary/aromatic N) is 2. The summed E-state index contributed by atoms with van der Waals surface area (Å²) >= 11 is 1.73. The van der Waals surface area contributed by atoms with Gasteiger partial charge in [0.1, 0.15) is 0 Å². The lowest BCUT2D eigenvalue weighted by molar-refractivity contribution is 0.661. The van der Waals surface area contributed by atoms with Crippen molar-refractivity contribution in [1.29, 1.82) is 0 Å². The molecule has 0 bridgehead atoms. The normalized spacial score (nSPS) is 11.8. The van der Waals surface area contributed by atoms with Gasteiger partial charge in [-0.15, -0.1) is 35.3 Å². The minimum Gasteiger partial charge on any atom is -0.370 e. The number of nitrogens with two attached hydrogens (primary N) is 1. The van der Waals surface area contributed by atoms with Crippen molar-refractivity contribution in [2.75, 3.05) is 13.1 Å². The van der Waals surface area contributed by atoms with E-state index in [1.807, 2.05) is 0 Å². The molecule has 0 saturated heterocycles. The lowest BCUT2D eigenvalue weighted by Gasteiger charge is -2.05. The largest absolute Gasteiger partial charge is 0.370 e. The molecule has 4 nitrogen and oxygen atoms in total. The summed E-state index contributed by atoms with van der Waals surface area (Å²) < 4.78 is 0. The summed E-state index contributed by atoms with van der Waals surface area (Å²) in [6.45, 7) is 10.1. The van der Waals surface area contributed by atoms with Gasteiger partial charge in [0.05, 0.1) is 10.7 Å². The van der Waals surface area contributed by atoms with Gasteiger partial charge in [0.25, 0.3) is 0 Å². The molecule has 0 aliphatic carbocycles. The molecule has 1 aromatic heterocycles. The van der Waals surface area contributed by atoms with Crippen molar-refractivity contribution >= 4 is 41.3 Å². The smallest absolute Gasteiger partial charge is 0.188 e. The van der Waals surface area contributed by atoms with E-state index >= 15 is 0 Å². The number of halogens is 1. The molecule has 1 aromatic rings. The third kappa shape index (κ3) is 7.71. The van der Waals surface area contributed by atoms with Crippen molar-refractivity contribution in [1.82, 2.24) is 10.3 Å². The van der Waals surface area contributed by atoms with Gasteiger partial charge in [-0.1, -0.05) is 27.7 Å². The molecule has 1 heterocycles. The minimum absolute atomic E-state index is 0. The molecule has 0 radical (unpaired) electrons. The second-order valence-electron chi connectivity index (χ2n) is 5.13. The maximum absolute atomic E-state index is 5.76. The van der Waals surface area contributed by atoms with Crippen LogP contribution in [0, 0.1) is 5.92 Å². The average Bonchev–Trinajstić information content (AvgIpc) is 2.75. The molecule has 0 fully saturated rings. The number of rotatable bonds is 6. The molecule has 1 rings (SSSR count). The predicted molar refractivity (Wildman–Crippen MR) is 94.7 cm³/mol. The van der Waals surface area contributed by atoms with E-state index < -0.39 is 0 Å². The number of thiazole rings is 1. The molecule has 0 unspecified atom stereocenters. The Labute approximate surface area is 137 Å². The van der Waals surface area contributed by atoms with Crippen LogP contribution in [0.2, 0.25) is 0 Å². The number of aliphatic imine (C=N–C) groups is 1. The van der Waals surface area contributed by atoms with Crippen LogP contribution in [-0.2, 0) is 6.42 Å². The van der Waals surface area contributed by atoms with E-state index in [4.69, 9.17) is 5.73 Å². The van der Waals surface area contributed by atoms with Gasteiger partial charge in [-0.3, -0.25) is 4.99 Å². The molecular weight excluding hydrogens is 371 g/mol. The highest BCUT2D eigenvalue weighted by atomic mass is 127. The van der Waals surface area contributed by atoms with Crippen LogP contribution in [0.15, 0.2) is 10.4 Å². The Morgan fingerprint density at radius 1 is 1.42 bits per heavy atom. The molecular formula is C13H25IN4S. The van der Waals surface area contributed by atoms with Gasteiger partial charge < -0.3 is 11.1 Å². The number of hydrogen-bond donors (Lipinski definition) is 2. The van der Waals surface area contributed by atoms with Crippen molar-refractivity contribution in [2.45, 2.75) is 40.0 Å². The summed E-state index contributed by atoms with van der Waals surface area (Å²) in [7, 11) is 0. The standard InChI is InChI=1S/C13H24N4S.HI/c1-9(2)7-16-13(14)15-6-5-11-8-18-12(17-11)10(3)4;/h8-10H,5-7H2,1-4H3,(H3,14,15,16);1H. The second-order valence-corrected chi connectivity index (χ2v) is 6.02. The first kappa shape index (κ1) is 18.6. The Balaban J connectivity index is 0.00000324. The van der Waals surface area contributed by atoms with E-state index in [-0.39, 0.29) is 24.0 Å². The van der Waals surface area contributed by atoms with Crippen LogP contribution < -0.4 is 11.1 Å². The lowest BCUT2D eigenvalue weighted by Crippen LogP contribution is -2.33. The highest BCUT2D eigenvalue weighted by Gasteiger charge is 2.05. The van der Waals surface area contributed by atoms with Crippen LogP contribution in [0.5, 0.6) is 0 Å². The van der Waals surface area contributed by atoms with Crippen molar-refractivity contribution < 1.29 is 0 Å². The fourth-order valence-electron chi connectivity index (χ4n) is 1.36. The van der Waals surface area contributed by atoms with Crippen LogP contribution >= 0.6 is 35.3 Å². The first-order valence-electron chi connectivity index (χ1n) is 6.47. The summed E-state index contributed by atoms with van der Waals surface area (Å²) in [5, 5.41) is 6.44. The maximum atomic E-state index is 5.76. The van der Waals surface area contributed by atoms with Gasteiger partial charge in [-0.2, -0.15) is 0 Å². The average molecular weight is 396 g/mol. The van der Waals surface area contributed by atoms with Crippen molar-refractivity contribution in [3.05, 3.63) is 16.1 Å². The van der Waals surface area contributed by atoms with Crippen LogP contribution in [-0.4, -0.2) is 24.0 Å². The van der Waals surface area contributed by atoms with Crippen molar-refractivity contribution in [3.63, 3.8) is 0 Å². The molecule has 6 heteroatoms. The van der Waals surface area contributed by atoms with Crippen LogP contribution in [0.1, 0.15) is 44.3 Å². The Bertz CT molecular complexity index is 388. The monoisotopic (exact) mass is 396 g/mol. The molecule has 0 saturated carbocycles. The van der Waals surface area contributed by atoms with Gasteiger partial charge in [0.15, 0.2) is 5.96 Å². The Morgan fingerprint density at radius 2 is 2.11 bits per heavy atom. The van der Waals surface area contributed by atoms with E-state index in [9.17, 15) is 0 Å². The third-order valence-electron chi connectivity index (χ3n) is 2.38. The van der Waals surface area contributed by atoms with E-state index in [0.29, 0.717) is 17.8 Å². The van der Waals surface area contributed by atoms with Gasteiger partial charge >= 0.3 is 0 Å². The third-order valence-corrected chi connectivity index (χ3v) is 3.57.